The van der Waals surface area contributed by atoms with Crippen LogP contribution in [0.4, 0.5) is 13.2 Å². The number of nitrogens with zero attached hydrogens (tertiary/aromatic N) is 1. The zero-order valence-electron chi connectivity index (χ0n) is 11.7. The Bertz CT molecular complexity index is 406. The Morgan fingerprint density at radius 2 is 1.90 bits per heavy atom. The van der Waals surface area contributed by atoms with E-state index < -0.39 is 12.5 Å². The van der Waals surface area contributed by atoms with Crippen LogP contribution in [0.3, 0.4) is 0 Å². The van der Waals surface area contributed by atoms with Gasteiger partial charge in [0.2, 0.25) is 0 Å². The van der Waals surface area contributed by atoms with E-state index in [0.717, 1.165) is 13.1 Å². The Morgan fingerprint density at radius 1 is 1.25 bits per heavy atom. The highest BCUT2D eigenvalue weighted by molar-refractivity contribution is 5.30. The van der Waals surface area contributed by atoms with E-state index >= 15 is 0 Å². The number of rotatable bonds is 7. The summed E-state index contributed by atoms with van der Waals surface area (Å²) in [6, 6.07) is 5.47. The lowest BCUT2D eigenvalue weighted by Gasteiger charge is -2.20. The molecule has 0 spiro atoms. The van der Waals surface area contributed by atoms with Crippen LogP contribution in [-0.2, 0) is 0 Å². The topological polar surface area (TPSA) is 32.7 Å². The first-order valence-corrected chi connectivity index (χ1v) is 6.61. The standard InChI is InChI=1S/C14H20F3NO2/c1-3-18(4-2)9-8-13(19)11-6-5-7-12(10-11)20-14(15,16)17/h5-7,10,13,19H,3-4,8-9H2,1-2H3. The monoisotopic (exact) mass is 291 g/mol. The minimum atomic E-state index is -4.72. The first-order chi connectivity index (χ1) is 9.35. The molecule has 0 fully saturated rings. The van der Waals surface area contributed by atoms with Crippen molar-refractivity contribution in [2.75, 3.05) is 19.6 Å². The fraction of sp³-hybridized carbons (Fsp3) is 0.571. The van der Waals surface area contributed by atoms with Crippen molar-refractivity contribution in [3.05, 3.63) is 29.8 Å². The molecular weight excluding hydrogens is 271 g/mol. The number of ether oxygens (including phenoxy) is 1. The quantitative estimate of drug-likeness (QED) is 0.836. The van der Waals surface area contributed by atoms with Crippen molar-refractivity contribution in [1.82, 2.24) is 4.90 Å². The molecule has 1 unspecified atom stereocenters. The summed E-state index contributed by atoms with van der Waals surface area (Å²) in [7, 11) is 0. The van der Waals surface area contributed by atoms with Gasteiger partial charge < -0.3 is 14.7 Å². The Morgan fingerprint density at radius 3 is 2.45 bits per heavy atom. The summed E-state index contributed by atoms with van der Waals surface area (Å²) in [4.78, 5) is 2.14. The summed E-state index contributed by atoms with van der Waals surface area (Å²) in [6.45, 7) is 6.49. The van der Waals surface area contributed by atoms with Gasteiger partial charge in [-0.2, -0.15) is 0 Å². The third-order valence-electron chi connectivity index (χ3n) is 3.09. The van der Waals surface area contributed by atoms with Gasteiger partial charge in [-0.1, -0.05) is 26.0 Å². The van der Waals surface area contributed by atoms with E-state index in [9.17, 15) is 18.3 Å². The number of halogens is 3. The number of hydrogen-bond acceptors (Lipinski definition) is 3. The van der Waals surface area contributed by atoms with E-state index in [-0.39, 0.29) is 5.75 Å². The molecule has 0 amide bonds. The Balaban J connectivity index is 2.64. The van der Waals surface area contributed by atoms with Crippen LogP contribution in [-0.4, -0.2) is 36.0 Å². The van der Waals surface area contributed by atoms with Crippen molar-refractivity contribution < 1.29 is 23.0 Å². The van der Waals surface area contributed by atoms with Crippen molar-refractivity contribution in [2.45, 2.75) is 32.7 Å². The molecule has 114 valence electrons. The lowest BCUT2D eigenvalue weighted by atomic mass is 10.1. The van der Waals surface area contributed by atoms with Gasteiger partial charge in [0.25, 0.3) is 0 Å². The Labute approximate surface area is 117 Å². The number of aliphatic hydroxyl groups is 1. The molecule has 1 aromatic rings. The molecule has 0 aliphatic rings. The third-order valence-corrected chi connectivity index (χ3v) is 3.09. The predicted octanol–water partition coefficient (Wildman–Crippen LogP) is 3.35. The molecule has 0 aliphatic carbocycles. The minimum absolute atomic E-state index is 0.308. The normalized spacial score (nSPS) is 13.6. The van der Waals surface area contributed by atoms with Gasteiger partial charge in [-0.25, -0.2) is 0 Å². The zero-order chi connectivity index (χ0) is 15.2. The molecule has 0 bridgehead atoms. The van der Waals surface area contributed by atoms with Crippen LogP contribution in [0.15, 0.2) is 24.3 Å². The van der Waals surface area contributed by atoms with E-state index in [1.54, 1.807) is 6.07 Å². The maximum absolute atomic E-state index is 12.1. The maximum atomic E-state index is 12.1. The van der Waals surface area contributed by atoms with Crippen LogP contribution < -0.4 is 4.74 Å². The fourth-order valence-electron chi connectivity index (χ4n) is 1.93. The second kappa shape index (κ2) is 7.50. The van der Waals surface area contributed by atoms with Gasteiger partial charge in [-0.3, -0.25) is 0 Å². The first kappa shape index (κ1) is 16.8. The van der Waals surface area contributed by atoms with Crippen LogP contribution in [0.5, 0.6) is 5.75 Å². The highest BCUT2D eigenvalue weighted by Gasteiger charge is 2.31. The SMILES string of the molecule is CCN(CC)CCC(O)c1cccc(OC(F)(F)F)c1. The lowest BCUT2D eigenvalue weighted by Crippen LogP contribution is -2.25. The van der Waals surface area contributed by atoms with Gasteiger partial charge in [0.05, 0.1) is 6.10 Å². The molecule has 0 heterocycles. The van der Waals surface area contributed by atoms with E-state index in [0.29, 0.717) is 18.5 Å². The van der Waals surface area contributed by atoms with Crippen molar-refractivity contribution in [3.8, 4) is 5.75 Å². The molecule has 3 nitrogen and oxygen atoms in total. The molecule has 1 N–H and O–H groups in total. The van der Waals surface area contributed by atoms with Crippen molar-refractivity contribution in [3.63, 3.8) is 0 Å². The number of benzene rings is 1. The van der Waals surface area contributed by atoms with Gasteiger partial charge in [-0.15, -0.1) is 13.2 Å². The van der Waals surface area contributed by atoms with Gasteiger partial charge in [0.15, 0.2) is 0 Å². The Kier molecular flexibility index (Phi) is 6.29. The molecule has 0 aliphatic heterocycles. The van der Waals surface area contributed by atoms with E-state index in [2.05, 4.69) is 9.64 Å². The van der Waals surface area contributed by atoms with Crippen LogP contribution in [0, 0.1) is 0 Å². The van der Waals surface area contributed by atoms with Gasteiger partial charge in [-0.05, 0) is 37.2 Å². The van der Waals surface area contributed by atoms with Crippen LogP contribution in [0.2, 0.25) is 0 Å². The first-order valence-electron chi connectivity index (χ1n) is 6.61. The third kappa shape index (κ3) is 5.79. The van der Waals surface area contributed by atoms with Gasteiger partial charge in [0, 0.05) is 6.54 Å². The molecule has 1 atom stereocenters. The molecule has 0 saturated heterocycles. The highest BCUT2D eigenvalue weighted by atomic mass is 19.4. The average molecular weight is 291 g/mol. The largest absolute Gasteiger partial charge is 0.573 e. The summed E-state index contributed by atoms with van der Waals surface area (Å²) in [6.07, 6.45) is -5.05. The molecule has 0 radical (unpaired) electrons. The Hall–Kier alpha value is -1.27. The molecule has 6 heteroatoms. The van der Waals surface area contributed by atoms with Crippen LogP contribution >= 0.6 is 0 Å². The highest BCUT2D eigenvalue weighted by Crippen LogP contribution is 2.26. The molecule has 1 aromatic carbocycles. The summed E-state index contributed by atoms with van der Waals surface area (Å²) in [5, 5.41) is 10.0. The minimum Gasteiger partial charge on any atom is -0.406 e. The molecule has 0 saturated carbocycles. The predicted molar refractivity (Wildman–Crippen MR) is 70.5 cm³/mol. The van der Waals surface area contributed by atoms with E-state index in [4.69, 9.17) is 0 Å². The van der Waals surface area contributed by atoms with E-state index in [1.807, 2.05) is 13.8 Å². The van der Waals surface area contributed by atoms with Gasteiger partial charge >= 0.3 is 6.36 Å². The second-order valence-corrected chi connectivity index (χ2v) is 4.45. The zero-order valence-corrected chi connectivity index (χ0v) is 11.7. The summed E-state index contributed by atoms with van der Waals surface area (Å²) in [5.41, 5.74) is 0.430. The number of aliphatic hydroxyl groups excluding tert-OH is 1. The van der Waals surface area contributed by atoms with Crippen molar-refractivity contribution in [1.29, 1.82) is 0 Å². The number of alkyl halides is 3. The van der Waals surface area contributed by atoms with Crippen LogP contribution in [0.25, 0.3) is 0 Å². The summed E-state index contributed by atoms with van der Waals surface area (Å²) < 4.78 is 40.2. The molecule has 0 aromatic heterocycles. The number of hydrogen-bond donors (Lipinski definition) is 1. The fourth-order valence-corrected chi connectivity index (χ4v) is 1.93. The molecular formula is C14H20F3NO2. The second-order valence-electron chi connectivity index (χ2n) is 4.45. The van der Waals surface area contributed by atoms with Crippen molar-refractivity contribution >= 4 is 0 Å². The average Bonchev–Trinajstić information content (AvgIpc) is 2.38. The summed E-state index contributed by atoms with van der Waals surface area (Å²) >= 11 is 0. The maximum Gasteiger partial charge on any atom is 0.573 e. The van der Waals surface area contributed by atoms with Crippen LogP contribution in [0.1, 0.15) is 31.9 Å². The lowest BCUT2D eigenvalue weighted by molar-refractivity contribution is -0.274. The van der Waals surface area contributed by atoms with E-state index in [1.165, 1.54) is 18.2 Å². The molecule has 1 rings (SSSR count). The van der Waals surface area contributed by atoms with Gasteiger partial charge in [0.1, 0.15) is 5.75 Å². The van der Waals surface area contributed by atoms with Crippen molar-refractivity contribution in [2.24, 2.45) is 0 Å². The molecule has 20 heavy (non-hydrogen) atoms. The summed E-state index contributed by atoms with van der Waals surface area (Å²) in [5.74, 6) is -0.308. The smallest absolute Gasteiger partial charge is 0.406 e.